The molecule has 0 radical (unpaired) electrons. The summed E-state index contributed by atoms with van der Waals surface area (Å²) in [5.74, 6) is -0.435. The fourth-order valence-corrected chi connectivity index (χ4v) is 1.20. The molecule has 1 saturated heterocycles. The molecule has 11 heavy (non-hydrogen) atoms. The summed E-state index contributed by atoms with van der Waals surface area (Å²) < 4.78 is 5.14. The third-order valence-corrected chi connectivity index (χ3v) is 1.85. The highest BCUT2D eigenvalue weighted by atomic mass is 16.5. The van der Waals surface area contributed by atoms with Crippen molar-refractivity contribution in [3.8, 4) is 0 Å². The minimum atomic E-state index is -0.484. The average Bonchev–Trinajstić information content (AvgIpc) is 2.29. The Morgan fingerprint density at radius 3 is 2.64 bits per heavy atom. The summed E-state index contributed by atoms with van der Waals surface area (Å²) in [7, 11) is 0. The van der Waals surface area contributed by atoms with Crippen LogP contribution in [0.5, 0.6) is 0 Å². The number of Topliss-reactive ketones (excluding diaryl/α,β-unsaturated/α-hetero) is 1. The maximum atomic E-state index is 10.8. The zero-order valence-corrected chi connectivity index (χ0v) is 6.79. The molecule has 0 bridgehead atoms. The first kappa shape index (κ1) is 8.40. The summed E-state index contributed by atoms with van der Waals surface area (Å²) in [6.45, 7) is 4.60. The molecule has 62 valence electrons. The van der Waals surface area contributed by atoms with Gasteiger partial charge in [-0.15, -0.1) is 0 Å². The van der Waals surface area contributed by atoms with Crippen LogP contribution in [0.2, 0.25) is 0 Å². The normalized spacial score (nSPS) is 28.4. The van der Waals surface area contributed by atoms with Crippen molar-refractivity contribution in [2.24, 2.45) is 5.41 Å². The summed E-state index contributed by atoms with van der Waals surface area (Å²) in [4.78, 5) is 20.9. The fraction of sp³-hybridized carbons (Fsp3) is 0.750. The van der Waals surface area contributed by atoms with E-state index in [0.29, 0.717) is 19.3 Å². The molecule has 1 aliphatic rings. The van der Waals surface area contributed by atoms with Crippen LogP contribution in [0.1, 0.15) is 20.3 Å². The molecule has 0 aliphatic carbocycles. The molecule has 3 heteroatoms. The molecule has 3 nitrogen and oxygen atoms in total. The first-order valence-corrected chi connectivity index (χ1v) is 3.66. The van der Waals surface area contributed by atoms with Gasteiger partial charge in [0.2, 0.25) is 5.78 Å². The number of carbonyl (C=O) groups is 2. The van der Waals surface area contributed by atoms with Gasteiger partial charge in [-0.05, 0) is 11.8 Å². The van der Waals surface area contributed by atoms with Gasteiger partial charge in [-0.2, -0.15) is 0 Å². The topological polar surface area (TPSA) is 43.4 Å². The third-order valence-electron chi connectivity index (χ3n) is 1.85. The highest BCUT2D eigenvalue weighted by molar-refractivity contribution is 6.27. The lowest BCUT2D eigenvalue weighted by Gasteiger charge is -2.12. The van der Waals surface area contributed by atoms with Gasteiger partial charge in [0.1, 0.15) is 6.10 Å². The molecule has 0 spiro atoms. The second-order valence-corrected chi connectivity index (χ2v) is 3.69. The fourth-order valence-electron chi connectivity index (χ4n) is 1.20. The molecule has 0 amide bonds. The molecule has 1 fully saturated rings. The van der Waals surface area contributed by atoms with Gasteiger partial charge in [0.25, 0.3) is 0 Å². The highest BCUT2D eigenvalue weighted by Gasteiger charge is 2.35. The molecule has 1 unspecified atom stereocenters. The van der Waals surface area contributed by atoms with Crippen LogP contribution in [0.15, 0.2) is 0 Å². The van der Waals surface area contributed by atoms with Crippen LogP contribution in [-0.4, -0.2) is 24.8 Å². The van der Waals surface area contributed by atoms with Gasteiger partial charge in [0.15, 0.2) is 6.29 Å². The number of hydrogen-bond acceptors (Lipinski definition) is 3. The summed E-state index contributed by atoms with van der Waals surface area (Å²) >= 11 is 0. The molecule has 0 saturated carbocycles. The minimum absolute atomic E-state index is 0.0450. The molecule has 0 aromatic rings. The number of aldehydes is 1. The highest BCUT2D eigenvalue weighted by Crippen LogP contribution is 2.31. The lowest BCUT2D eigenvalue weighted by atomic mass is 9.90. The van der Waals surface area contributed by atoms with E-state index in [1.807, 2.05) is 13.8 Å². The van der Waals surface area contributed by atoms with Crippen molar-refractivity contribution >= 4 is 12.1 Å². The van der Waals surface area contributed by atoms with Crippen molar-refractivity contribution in [3.05, 3.63) is 0 Å². The maximum absolute atomic E-state index is 10.8. The molecule has 0 N–H and O–H groups in total. The van der Waals surface area contributed by atoms with Crippen LogP contribution in [0.4, 0.5) is 0 Å². The van der Waals surface area contributed by atoms with E-state index in [-0.39, 0.29) is 5.41 Å². The van der Waals surface area contributed by atoms with Crippen LogP contribution >= 0.6 is 0 Å². The second kappa shape index (κ2) is 2.74. The lowest BCUT2D eigenvalue weighted by molar-refractivity contribution is -0.136. The molecule has 0 aromatic carbocycles. The zero-order chi connectivity index (χ0) is 8.48. The molecular weight excluding hydrogens is 144 g/mol. The van der Waals surface area contributed by atoms with Crippen molar-refractivity contribution in [1.29, 1.82) is 0 Å². The van der Waals surface area contributed by atoms with Gasteiger partial charge >= 0.3 is 0 Å². The smallest absolute Gasteiger partial charge is 0.223 e. The predicted octanol–water partition coefficient (Wildman–Crippen LogP) is 0.570. The van der Waals surface area contributed by atoms with E-state index in [1.54, 1.807) is 0 Å². The van der Waals surface area contributed by atoms with Gasteiger partial charge < -0.3 is 4.74 Å². The van der Waals surface area contributed by atoms with E-state index in [2.05, 4.69) is 0 Å². The van der Waals surface area contributed by atoms with Crippen LogP contribution in [-0.2, 0) is 14.3 Å². The lowest BCUT2D eigenvalue weighted by Crippen LogP contribution is -2.21. The molecule has 1 rings (SSSR count). The summed E-state index contributed by atoms with van der Waals surface area (Å²) in [5.41, 5.74) is 0.0450. The molecular formula is C8H12O3. The Hall–Kier alpha value is -0.700. The van der Waals surface area contributed by atoms with E-state index in [4.69, 9.17) is 4.74 Å². The Morgan fingerprint density at radius 2 is 2.27 bits per heavy atom. The zero-order valence-electron chi connectivity index (χ0n) is 6.79. The Labute approximate surface area is 65.7 Å². The summed E-state index contributed by atoms with van der Waals surface area (Å²) in [5, 5.41) is 0. The number of carbonyl (C=O) groups excluding carboxylic acids is 2. The van der Waals surface area contributed by atoms with E-state index in [9.17, 15) is 9.59 Å². The second-order valence-electron chi connectivity index (χ2n) is 3.69. The third kappa shape index (κ3) is 1.87. The van der Waals surface area contributed by atoms with Crippen molar-refractivity contribution in [2.45, 2.75) is 26.4 Å². The van der Waals surface area contributed by atoms with Gasteiger partial charge in [-0.3, -0.25) is 9.59 Å². The molecule has 1 aliphatic heterocycles. The van der Waals surface area contributed by atoms with Crippen LogP contribution in [0.3, 0.4) is 0 Å². The van der Waals surface area contributed by atoms with Crippen molar-refractivity contribution < 1.29 is 14.3 Å². The number of hydrogen-bond donors (Lipinski definition) is 0. The van der Waals surface area contributed by atoms with Crippen molar-refractivity contribution in [2.75, 3.05) is 6.61 Å². The van der Waals surface area contributed by atoms with Crippen LogP contribution < -0.4 is 0 Å². The van der Waals surface area contributed by atoms with Gasteiger partial charge in [-0.25, -0.2) is 0 Å². The predicted molar refractivity (Wildman–Crippen MR) is 39.2 cm³/mol. The SMILES string of the molecule is CC1(C)COC(C(=O)C=O)C1. The maximum Gasteiger partial charge on any atom is 0.223 e. The molecule has 1 heterocycles. The van der Waals surface area contributed by atoms with Gasteiger partial charge in [0.05, 0.1) is 6.61 Å². The van der Waals surface area contributed by atoms with Crippen molar-refractivity contribution in [1.82, 2.24) is 0 Å². The van der Waals surface area contributed by atoms with Crippen LogP contribution in [0, 0.1) is 5.41 Å². The monoisotopic (exact) mass is 156 g/mol. The van der Waals surface area contributed by atoms with Gasteiger partial charge in [-0.1, -0.05) is 13.8 Å². The Kier molecular flexibility index (Phi) is 2.09. The quantitative estimate of drug-likeness (QED) is 0.433. The van der Waals surface area contributed by atoms with Gasteiger partial charge in [0, 0.05) is 0 Å². The average molecular weight is 156 g/mol. The first-order chi connectivity index (χ1) is 5.05. The largest absolute Gasteiger partial charge is 0.369 e. The summed E-state index contributed by atoms with van der Waals surface area (Å²) in [6.07, 6.45) is 0.513. The number of rotatable bonds is 2. The Morgan fingerprint density at radius 1 is 1.64 bits per heavy atom. The number of ketones is 1. The Bertz CT molecular complexity index is 184. The minimum Gasteiger partial charge on any atom is -0.369 e. The van der Waals surface area contributed by atoms with E-state index < -0.39 is 11.9 Å². The molecule has 1 atom stereocenters. The van der Waals surface area contributed by atoms with E-state index in [1.165, 1.54) is 0 Å². The van der Waals surface area contributed by atoms with E-state index in [0.717, 1.165) is 0 Å². The van der Waals surface area contributed by atoms with Crippen molar-refractivity contribution in [3.63, 3.8) is 0 Å². The van der Waals surface area contributed by atoms with Crippen LogP contribution in [0.25, 0.3) is 0 Å². The Balaban J connectivity index is 2.54. The summed E-state index contributed by atoms with van der Waals surface area (Å²) in [6, 6.07) is 0. The first-order valence-electron chi connectivity index (χ1n) is 3.66. The van der Waals surface area contributed by atoms with E-state index >= 15 is 0 Å². The standard InChI is InChI=1S/C8H12O3/c1-8(2)3-7(11-5-8)6(10)4-9/h4,7H,3,5H2,1-2H3. The number of ether oxygens (including phenoxy) is 1. The molecule has 0 aromatic heterocycles.